The van der Waals surface area contributed by atoms with Gasteiger partial charge in [0.2, 0.25) is 12.4 Å². The molecule has 7 heteroatoms. The summed E-state index contributed by atoms with van der Waals surface area (Å²) < 4.78 is 0. The van der Waals surface area contributed by atoms with Crippen molar-refractivity contribution >= 4 is 12.4 Å². The molecule has 0 fully saturated rings. The van der Waals surface area contributed by atoms with Crippen LogP contribution in [0.5, 0.6) is 0 Å². The standard InChI is InChI=1S/CH6N4.CH4N2O/c2-1(3)5-4;2-3-1-4/h4H2,(H4,2,3,5);1H,2H2,(H,3,4). The number of amides is 1. The Kier molecular flexibility index (Phi) is 11.3. The molecule has 0 bridgehead atoms. The maximum Gasteiger partial charge on any atom is 0.221 e. The number of guanidine groups is 1. The lowest BCUT2D eigenvalue weighted by Gasteiger charge is -1.76. The highest BCUT2D eigenvalue weighted by molar-refractivity contribution is 5.75. The van der Waals surface area contributed by atoms with Crippen molar-refractivity contribution in [3.63, 3.8) is 0 Å². The molecule has 0 atom stereocenters. The summed E-state index contributed by atoms with van der Waals surface area (Å²) in [6.45, 7) is 0. The lowest BCUT2D eigenvalue weighted by Crippen LogP contribution is -2.23. The highest BCUT2D eigenvalue weighted by atomic mass is 16.1. The zero-order valence-corrected chi connectivity index (χ0v) is 4.74. The summed E-state index contributed by atoms with van der Waals surface area (Å²) in [5.74, 6) is 8.83. The summed E-state index contributed by atoms with van der Waals surface area (Å²) in [5, 5.41) is 2.86. The lowest BCUT2D eigenvalue weighted by atomic mass is 11.1. The molecule has 9 heavy (non-hydrogen) atoms. The minimum absolute atomic E-state index is 0.0926. The van der Waals surface area contributed by atoms with Crippen LogP contribution in [0, 0.1) is 0 Å². The molecular formula is C2H10N6O. The Labute approximate surface area is 52.0 Å². The van der Waals surface area contributed by atoms with Gasteiger partial charge in [-0.1, -0.05) is 0 Å². The minimum atomic E-state index is -0.0926. The van der Waals surface area contributed by atoms with E-state index in [0.717, 1.165) is 0 Å². The molecule has 0 aliphatic carbocycles. The van der Waals surface area contributed by atoms with Crippen molar-refractivity contribution in [2.24, 2.45) is 28.3 Å². The molecule has 0 spiro atoms. The Morgan fingerprint density at radius 3 is 1.78 bits per heavy atom. The Morgan fingerprint density at radius 2 is 1.78 bits per heavy atom. The molecule has 0 heterocycles. The number of hydrogen-bond acceptors (Lipinski definition) is 4. The van der Waals surface area contributed by atoms with Gasteiger partial charge in [0, 0.05) is 0 Å². The largest absolute Gasteiger partial charge is 0.369 e. The summed E-state index contributed by atoms with van der Waals surface area (Å²) in [5.41, 5.74) is 11.1. The number of hydrazone groups is 1. The fraction of sp³-hybridized carbons (Fsp3) is 0. The molecule has 0 radical (unpaired) electrons. The third-order valence-electron chi connectivity index (χ3n) is 0.217. The van der Waals surface area contributed by atoms with E-state index in [0.29, 0.717) is 6.41 Å². The monoisotopic (exact) mass is 134 g/mol. The minimum Gasteiger partial charge on any atom is -0.369 e. The molecule has 7 nitrogen and oxygen atoms in total. The molecule has 0 saturated heterocycles. The van der Waals surface area contributed by atoms with E-state index in [1.165, 1.54) is 0 Å². The van der Waals surface area contributed by atoms with E-state index >= 15 is 0 Å². The Morgan fingerprint density at radius 1 is 1.56 bits per heavy atom. The summed E-state index contributed by atoms with van der Waals surface area (Å²) >= 11 is 0. The summed E-state index contributed by atoms with van der Waals surface area (Å²) in [6, 6.07) is 0. The second kappa shape index (κ2) is 9.71. The molecule has 0 aromatic heterocycles. The van der Waals surface area contributed by atoms with Gasteiger partial charge in [-0.15, -0.1) is 5.10 Å². The van der Waals surface area contributed by atoms with Gasteiger partial charge in [0.25, 0.3) is 0 Å². The molecule has 54 valence electrons. The van der Waals surface area contributed by atoms with Gasteiger partial charge in [-0.25, -0.2) is 5.84 Å². The number of hydrogen-bond donors (Lipinski definition) is 5. The van der Waals surface area contributed by atoms with E-state index in [-0.39, 0.29) is 5.96 Å². The van der Waals surface area contributed by atoms with Crippen molar-refractivity contribution in [1.82, 2.24) is 5.43 Å². The van der Waals surface area contributed by atoms with Crippen LogP contribution < -0.4 is 28.6 Å². The second-order valence-corrected chi connectivity index (χ2v) is 0.838. The van der Waals surface area contributed by atoms with Gasteiger partial charge in [0.15, 0.2) is 0 Å². The third kappa shape index (κ3) is 58.5. The first-order chi connectivity index (χ1) is 4.18. The van der Waals surface area contributed by atoms with Crippen molar-refractivity contribution in [3.8, 4) is 0 Å². The fourth-order valence-corrected chi connectivity index (χ4v) is 0. The summed E-state index contributed by atoms with van der Waals surface area (Å²) in [7, 11) is 0. The van der Waals surface area contributed by atoms with Crippen molar-refractivity contribution in [2.45, 2.75) is 0 Å². The van der Waals surface area contributed by atoms with Crippen LogP contribution in [0.15, 0.2) is 5.10 Å². The number of hydrazine groups is 1. The number of rotatable bonds is 1. The van der Waals surface area contributed by atoms with E-state index in [1.54, 1.807) is 5.43 Å². The topological polar surface area (TPSA) is 146 Å². The first kappa shape index (κ1) is 10.5. The third-order valence-corrected chi connectivity index (χ3v) is 0.217. The van der Waals surface area contributed by atoms with Crippen molar-refractivity contribution < 1.29 is 4.79 Å². The second-order valence-electron chi connectivity index (χ2n) is 0.838. The molecule has 0 rings (SSSR count). The van der Waals surface area contributed by atoms with Gasteiger partial charge < -0.3 is 17.3 Å². The Bertz CT molecular complexity index is 85.1. The van der Waals surface area contributed by atoms with Crippen LogP contribution in [0.25, 0.3) is 0 Å². The first-order valence-corrected chi connectivity index (χ1v) is 1.87. The molecular weight excluding hydrogens is 124 g/mol. The van der Waals surface area contributed by atoms with Gasteiger partial charge >= 0.3 is 0 Å². The van der Waals surface area contributed by atoms with E-state index in [4.69, 9.17) is 16.3 Å². The smallest absolute Gasteiger partial charge is 0.221 e. The van der Waals surface area contributed by atoms with Crippen molar-refractivity contribution in [2.75, 3.05) is 0 Å². The Balaban J connectivity index is 0. The Hall–Kier alpha value is -1.50. The van der Waals surface area contributed by atoms with Gasteiger partial charge in [-0.3, -0.25) is 10.2 Å². The molecule has 0 saturated carbocycles. The molecule has 1 amide bonds. The van der Waals surface area contributed by atoms with E-state index in [1.807, 2.05) is 0 Å². The predicted molar refractivity (Wildman–Crippen MR) is 33.4 cm³/mol. The quantitative estimate of drug-likeness (QED) is 0.0638. The average molecular weight is 134 g/mol. The average Bonchev–Trinajstić information content (AvgIpc) is 1.89. The number of nitrogens with zero attached hydrogens (tertiary/aromatic N) is 1. The molecule has 9 N–H and O–H groups in total. The number of carbonyl (C=O) groups excluding carboxylic acids is 1. The zero-order chi connectivity index (χ0) is 7.70. The maximum atomic E-state index is 8.94. The van der Waals surface area contributed by atoms with Crippen LogP contribution in [0.2, 0.25) is 0 Å². The van der Waals surface area contributed by atoms with Gasteiger partial charge in [-0.2, -0.15) is 0 Å². The highest BCUT2D eigenvalue weighted by Crippen LogP contribution is 1.31. The molecule has 0 aliphatic heterocycles. The van der Waals surface area contributed by atoms with E-state index in [9.17, 15) is 0 Å². The van der Waals surface area contributed by atoms with Crippen LogP contribution in [0.1, 0.15) is 0 Å². The highest BCUT2D eigenvalue weighted by Gasteiger charge is 1.62. The SMILES string of the molecule is NN=C(N)N.NNC=O. The first-order valence-electron chi connectivity index (χ1n) is 1.87. The molecule has 0 aromatic rings. The number of nitrogens with one attached hydrogen (secondary N) is 1. The van der Waals surface area contributed by atoms with Crippen LogP contribution in [0.4, 0.5) is 0 Å². The van der Waals surface area contributed by atoms with Crippen LogP contribution >= 0.6 is 0 Å². The van der Waals surface area contributed by atoms with Crippen molar-refractivity contribution in [3.05, 3.63) is 0 Å². The molecule has 0 unspecified atom stereocenters. The van der Waals surface area contributed by atoms with Crippen molar-refractivity contribution in [1.29, 1.82) is 0 Å². The van der Waals surface area contributed by atoms with E-state index in [2.05, 4.69) is 16.8 Å². The van der Waals surface area contributed by atoms with Gasteiger partial charge in [-0.05, 0) is 0 Å². The van der Waals surface area contributed by atoms with Crippen LogP contribution in [-0.4, -0.2) is 12.4 Å². The number of carbonyl (C=O) groups is 1. The summed E-state index contributed by atoms with van der Waals surface area (Å²) in [4.78, 5) is 8.94. The summed E-state index contributed by atoms with van der Waals surface area (Å²) in [6.07, 6.45) is 0.403. The normalized spacial score (nSPS) is 5.89. The van der Waals surface area contributed by atoms with E-state index < -0.39 is 0 Å². The van der Waals surface area contributed by atoms with Crippen LogP contribution in [-0.2, 0) is 4.79 Å². The maximum absolute atomic E-state index is 8.94. The fourth-order valence-electron chi connectivity index (χ4n) is 0. The number of nitrogens with two attached hydrogens (primary N) is 4. The molecule has 0 aromatic carbocycles. The van der Waals surface area contributed by atoms with Gasteiger partial charge in [0.1, 0.15) is 0 Å². The predicted octanol–water partition coefficient (Wildman–Crippen LogP) is -3.26. The zero-order valence-electron chi connectivity index (χ0n) is 4.74. The lowest BCUT2D eigenvalue weighted by molar-refractivity contribution is -0.109. The van der Waals surface area contributed by atoms with Gasteiger partial charge in [0.05, 0.1) is 0 Å². The molecule has 0 aliphatic rings. The van der Waals surface area contributed by atoms with Crippen LogP contribution in [0.3, 0.4) is 0 Å².